The highest BCUT2D eigenvalue weighted by molar-refractivity contribution is 4.78. The summed E-state index contributed by atoms with van der Waals surface area (Å²) in [5.74, 6) is 0. The van der Waals surface area contributed by atoms with Gasteiger partial charge in [0.25, 0.3) is 0 Å². The average Bonchev–Trinajstić information content (AvgIpc) is 1.96. The number of rotatable bonds is 4. The Morgan fingerprint density at radius 3 is 2.08 bits per heavy atom. The van der Waals surface area contributed by atoms with Gasteiger partial charge in [0.2, 0.25) is 0 Å². The zero-order chi connectivity index (χ0) is 9.78. The first-order chi connectivity index (χ1) is 5.43. The molecular formula is C7H14F3NO. The minimum Gasteiger partial charge on any atom is -0.367 e. The lowest BCUT2D eigenvalue weighted by Gasteiger charge is -2.24. The Labute approximate surface area is 69.9 Å². The first-order valence-electron chi connectivity index (χ1n) is 3.87. The second kappa shape index (κ2) is 4.67. The van der Waals surface area contributed by atoms with Gasteiger partial charge in [-0.25, -0.2) is 0 Å². The molecule has 0 aliphatic heterocycles. The van der Waals surface area contributed by atoms with Gasteiger partial charge in [-0.05, 0) is 13.3 Å². The van der Waals surface area contributed by atoms with Crippen molar-refractivity contribution in [1.82, 2.24) is 0 Å². The Morgan fingerprint density at radius 1 is 1.33 bits per heavy atom. The molecule has 0 aromatic heterocycles. The third-order valence-electron chi connectivity index (χ3n) is 1.53. The molecule has 2 unspecified atom stereocenters. The molecule has 0 heterocycles. The molecule has 0 bridgehead atoms. The topological polar surface area (TPSA) is 35.2 Å². The number of halogens is 3. The van der Waals surface area contributed by atoms with Crippen molar-refractivity contribution in [2.24, 2.45) is 5.73 Å². The van der Waals surface area contributed by atoms with Crippen molar-refractivity contribution >= 4 is 0 Å². The fraction of sp³-hybridized carbons (Fsp3) is 1.00. The third-order valence-corrected chi connectivity index (χ3v) is 1.53. The second-order valence-corrected chi connectivity index (χ2v) is 2.49. The molecule has 0 fully saturated rings. The van der Waals surface area contributed by atoms with Crippen molar-refractivity contribution in [2.75, 3.05) is 6.61 Å². The molecule has 12 heavy (non-hydrogen) atoms. The molecule has 2 nitrogen and oxygen atoms in total. The molecule has 0 aliphatic carbocycles. The van der Waals surface area contributed by atoms with Crippen molar-refractivity contribution < 1.29 is 17.9 Å². The van der Waals surface area contributed by atoms with Crippen LogP contribution in [0.3, 0.4) is 0 Å². The molecule has 0 aromatic carbocycles. The Balaban J connectivity index is 4.22. The van der Waals surface area contributed by atoms with E-state index in [4.69, 9.17) is 5.73 Å². The lowest BCUT2D eigenvalue weighted by Crippen LogP contribution is -2.46. The predicted molar refractivity (Wildman–Crippen MR) is 39.7 cm³/mol. The summed E-state index contributed by atoms with van der Waals surface area (Å²) in [5, 5.41) is 0. The largest absolute Gasteiger partial charge is 0.416 e. The molecule has 0 aliphatic rings. The average molecular weight is 185 g/mol. The van der Waals surface area contributed by atoms with E-state index in [-0.39, 0.29) is 13.0 Å². The molecule has 74 valence electrons. The predicted octanol–water partition coefficient (Wildman–Crippen LogP) is 1.69. The molecule has 0 saturated heterocycles. The molecule has 0 amide bonds. The van der Waals surface area contributed by atoms with E-state index in [0.717, 1.165) is 0 Å². The van der Waals surface area contributed by atoms with Crippen LogP contribution in [0.15, 0.2) is 0 Å². The van der Waals surface area contributed by atoms with Crippen LogP contribution in [0.5, 0.6) is 0 Å². The van der Waals surface area contributed by atoms with Crippen LogP contribution in [0, 0.1) is 0 Å². The standard InChI is InChI=1S/C7H14F3NO/c1-3-5(11)6(12-4-2)7(8,9)10/h5-6H,3-4,11H2,1-2H3. The summed E-state index contributed by atoms with van der Waals surface area (Å²) in [6, 6.07) is -0.968. The van der Waals surface area contributed by atoms with Crippen LogP contribution in [-0.4, -0.2) is 24.9 Å². The number of hydrogen-bond donors (Lipinski definition) is 1. The fourth-order valence-corrected chi connectivity index (χ4v) is 0.854. The highest BCUT2D eigenvalue weighted by Gasteiger charge is 2.43. The van der Waals surface area contributed by atoms with Crippen LogP contribution >= 0.6 is 0 Å². The molecule has 0 spiro atoms. The van der Waals surface area contributed by atoms with Gasteiger partial charge in [-0.15, -0.1) is 0 Å². The van der Waals surface area contributed by atoms with Crippen LogP contribution < -0.4 is 5.73 Å². The minimum atomic E-state index is -4.36. The Morgan fingerprint density at radius 2 is 1.83 bits per heavy atom. The van der Waals surface area contributed by atoms with Crippen molar-refractivity contribution in [2.45, 2.75) is 38.6 Å². The number of alkyl halides is 3. The molecule has 0 rings (SSSR count). The summed E-state index contributed by atoms with van der Waals surface area (Å²) in [6.45, 7) is 3.14. The Hall–Kier alpha value is -0.290. The lowest BCUT2D eigenvalue weighted by molar-refractivity contribution is -0.225. The van der Waals surface area contributed by atoms with E-state index in [9.17, 15) is 13.2 Å². The van der Waals surface area contributed by atoms with Crippen molar-refractivity contribution in [3.8, 4) is 0 Å². The third kappa shape index (κ3) is 3.40. The summed E-state index contributed by atoms with van der Waals surface area (Å²) < 4.78 is 40.9. The van der Waals surface area contributed by atoms with Gasteiger partial charge < -0.3 is 10.5 Å². The SMILES string of the molecule is CCOC(C(N)CC)C(F)(F)F. The van der Waals surface area contributed by atoms with Gasteiger partial charge in [0.15, 0.2) is 6.10 Å². The van der Waals surface area contributed by atoms with Crippen LogP contribution in [0.4, 0.5) is 13.2 Å². The van der Waals surface area contributed by atoms with Gasteiger partial charge in [0.05, 0.1) is 0 Å². The van der Waals surface area contributed by atoms with Gasteiger partial charge >= 0.3 is 6.18 Å². The fourth-order valence-electron chi connectivity index (χ4n) is 0.854. The maximum Gasteiger partial charge on any atom is 0.416 e. The highest BCUT2D eigenvalue weighted by atomic mass is 19.4. The van der Waals surface area contributed by atoms with E-state index in [2.05, 4.69) is 4.74 Å². The molecule has 0 aromatic rings. The second-order valence-electron chi connectivity index (χ2n) is 2.49. The molecule has 5 heteroatoms. The van der Waals surface area contributed by atoms with Gasteiger partial charge in [0, 0.05) is 12.6 Å². The Bertz CT molecular complexity index is 126. The molecular weight excluding hydrogens is 171 g/mol. The first kappa shape index (κ1) is 11.7. The van der Waals surface area contributed by atoms with Crippen LogP contribution in [-0.2, 0) is 4.74 Å². The smallest absolute Gasteiger partial charge is 0.367 e. The van der Waals surface area contributed by atoms with Gasteiger partial charge in [-0.1, -0.05) is 6.92 Å². The van der Waals surface area contributed by atoms with E-state index in [1.54, 1.807) is 6.92 Å². The molecule has 0 radical (unpaired) electrons. The Kier molecular flexibility index (Phi) is 4.55. The summed E-state index contributed by atoms with van der Waals surface area (Å²) in [6.07, 6.45) is -5.93. The quantitative estimate of drug-likeness (QED) is 0.723. The number of ether oxygens (including phenoxy) is 1. The van der Waals surface area contributed by atoms with E-state index in [1.165, 1.54) is 6.92 Å². The minimum absolute atomic E-state index is 0.0257. The van der Waals surface area contributed by atoms with Crippen LogP contribution in [0.2, 0.25) is 0 Å². The van der Waals surface area contributed by atoms with Gasteiger partial charge in [0.1, 0.15) is 0 Å². The summed E-state index contributed by atoms with van der Waals surface area (Å²) >= 11 is 0. The van der Waals surface area contributed by atoms with Crippen LogP contribution in [0.1, 0.15) is 20.3 Å². The highest BCUT2D eigenvalue weighted by Crippen LogP contribution is 2.25. The number of nitrogens with two attached hydrogens (primary N) is 1. The lowest BCUT2D eigenvalue weighted by atomic mass is 10.1. The molecule has 0 saturated carbocycles. The van der Waals surface area contributed by atoms with E-state index in [1.807, 2.05) is 0 Å². The van der Waals surface area contributed by atoms with Crippen molar-refractivity contribution in [3.05, 3.63) is 0 Å². The maximum absolute atomic E-state index is 12.1. The normalized spacial score (nSPS) is 17.5. The first-order valence-corrected chi connectivity index (χ1v) is 3.87. The van der Waals surface area contributed by atoms with Gasteiger partial charge in [-0.3, -0.25) is 0 Å². The van der Waals surface area contributed by atoms with E-state index < -0.39 is 18.3 Å². The van der Waals surface area contributed by atoms with E-state index >= 15 is 0 Å². The zero-order valence-electron chi connectivity index (χ0n) is 7.19. The number of hydrogen-bond acceptors (Lipinski definition) is 2. The molecule has 2 N–H and O–H groups in total. The van der Waals surface area contributed by atoms with Gasteiger partial charge in [-0.2, -0.15) is 13.2 Å². The maximum atomic E-state index is 12.1. The van der Waals surface area contributed by atoms with Crippen molar-refractivity contribution in [3.63, 3.8) is 0 Å². The van der Waals surface area contributed by atoms with Crippen molar-refractivity contribution in [1.29, 1.82) is 0 Å². The van der Waals surface area contributed by atoms with Crippen LogP contribution in [0.25, 0.3) is 0 Å². The van der Waals surface area contributed by atoms with E-state index in [0.29, 0.717) is 0 Å². The summed E-state index contributed by atoms with van der Waals surface area (Å²) in [7, 11) is 0. The summed E-state index contributed by atoms with van der Waals surface area (Å²) in [5.41, 5.74) is 5.24. The molecule has 2 atom stereocenters. The zero-order valence-corrected chi connectivity index (χ0v) is 7.19. The monoisotopic (exact) mass is 185 g/mol. The summed E-state index contributed by atoms with van der Waals surface area (Å²) in [4.78, 5) is 0.